The van der Waals surface area contributed by atoms with Crippen molar-refractivity contribution < 1.29 is 14.4 Å². The summed E-state index contributed by atoms with van der Waals surface area (Å²) in [5.74, 6) is 1.98. The Morgan fingerprint density at radius 1 is 0.973 bits per heavy atom. The van der Waals surface area contributed by atoms with Crippen molar-refractivity contribution in [2.24, 2.45) is 0 Å². The number of aliphatic hydroxyl groups excluding tert-OH is 1. The summed E-state index contributed by atoms with van der Waals surface area (Å²) in [5.41, 5.74) is 1.90. The first kappa shape index (κ1) is 24.0. The third kappa shape index (κ3) is 5.65. The van der Waals surface area contributed by atoms with Gasteiger partial charge in [0.2, 0.25) is 11.7 Å². The Morgan fingerprint density at radius 3 is 2.65 bits per heavy atom. The number of aliphatic hydroxyl groups is 1. The average molecular weight is 516 g/mol. The van der Waals surface area contributed by atoms with Crippen LogP contribution in [0.25, 0.3) is 32.4 Å². The Morgan fingerprint density at radius 2 is 1.78 bits per heavy atom. The highest BCUT2D eigenvalue weighted by Crippen LogP contribution is 2.26. The minimum absolute atomic E-state index is 0.258. The number of rotatable bonds is 8. The van der Waals surface area contributed by atoms with Gasteiger partial charge in [-0.2, -0.15) is 4.98 Å². The summed E-state index contributed by atoms with van der Waals surface area (Å²) in [6, 6.07) is 20.4. The van der Waals surface area contributed by atoms with Crippen LogP contribution in [0.15, 0.2) is 65.2 Å². The van der Waals surface area contributed by atoms with E-state index in [1.165, 1.54) is 5.39 Å². The molecule has 2 aromatic heterocycles. The number of hydrogen-bond donors (Lipinski definition) is 1. The van der Waals surface area contributed by atoms with Crippen molar-refractivity contribution in [3.8, 4) is 17.1 Å². The zero-order valence-corrected chi connectivity index (χ0v) is 21.5. The normalized spacial score (nSPS) is 15.9. The summed E-state index contributed by atoms with van der Waals surface area (Å²) in [6.07, 6.45) is -0.556. The van der Waals surface area contributed by atoms with Crippen LogP contribution < -0.4 is 4.74 Å². The van der Waals surface area contributed by atoms with Gasteiger partial charge in [-0.3, -0.25) is 9.80 Å². The molecule has 0 unspecified atom stereocenters. The van der Waals surface area contributed by atoms with Gasteiger partial charge in [0.1, 0.15) is 18.5 Å². The smallest absolute Gasteiger partial charge is 0.241 e. The Labute approximate surface area is 219 Å². The predicted octanol–water partition coefficient (Wildman–Crippen LogP) is 4.37. The number of β-amino-alcohol motifs (C(OH)–C–C–N with tert-alkyl or cyclic N) is 1. The Hall–Kier alpha value is -3.37. The number of nitrogens with zero attached hydrogens (tertiary/aromatic N) is 5. The minimum Gasteiger partial charge on any atom is -0.491 e. The molecule has 0 aliphatic carbocycles. The maximum Gasteiger partial charge on any atom is 0.241 e. The molecule has 1 aliphatic rings. The van der Waals surface area contributed by atoms with E-state index in [2.05, 4.69) is 49.2 Å². The van der Waals surface area contributed by atoms with E-state index in [4.69, 9.17) is 9.26 Å². The molecule has 1 saturated heterocycles. The zero-order chi connectivity index (χ0) is 25.2. The van der Waals surface area contributed by atoms with Crippen molar-refractivity contribution >= 4 is 32.3 Å². The van der Waals surface area contributed by atoms with Crippen molar-refractivity contribution in [1.29, 1.82) is 0 Å². The first-order chi connectivity index (χ1) is 18.1. The summed E-state index contributed by atoms with van der Waals surface area (Å²) in [5, 5.41) is 18.1. The minimum atomic E-state index is -0.556. The van der Waals surface area contributed by atoms with Gasteiger partial charge in [0, 0.05) is 44.4 Å². The van der Waals surface area contributed by atoms with Crippen LogP contribution in [0.4, 0.5) is 0 Å². The monoisotopic (exact) mass is 515 g/mol. The molecule has 190 valence electrons. The van der Waals surface area contributed by atoms with E-state index >= 15 is 0 Å². The van der Waals surface area contributed by atoms with Gasteiger partial charge in [0.05, 0.1) is 21.8 Å². The number of fused-ring (bicyclic) bond motifs is 2. The number of piperazine rings is 1. The maximum absolute atomic E-state index is 10.5. The van der Waals surface area contributed by atoms with Gasteiger partial charge in [-0.15, -0.1) is 11.3 Å². The number of benzene rings is 3. The fourth-order valence-electron chi connectivity index (χ4n) is 4.74. The fourth-order valence-corrected chi connectivity index (χ4v) is 5.55. The molecule has 1 aliphatic heterocycles. The molecule has 3 heterocycles. The summed E-state index contributed by atoms with van der Waals surface area (Å²) < 4.78 is 12.5. The molecule has 0 radical (unpaired) electrons. The van der Waals surface area contributed by atoms with E-state index in [1.54, 1.807) is 11.3 Å². The summed E-state index contributed by atoms with van der Waals surface area (Å²) in [4.78, 5) is 13.7. The van der Waals surface area contributed by atoms with Crippen LogP contribution in [0.1, 0.15) is 10.9 Å². The van der Waals surface area contributed by atoms with E-state index in [1.807, 2.05) is 43.3 Å². The molecule has 1 fully saturated rings. The molecule has 1 N–H and O–H groups in total. The number of thiazole rings is 1. The molecular weight excluding hydrogens is 486 g/mol. The molecule has 0 spiro atoms. The molecule has 0 amide bonds. The first-order valence-electron chi connectivity index (χ1n) is 12.5. The van der Waals surface area contributed by atoms with E-state index < -0.39 is 6.10 Å². The molecule has 0 saturated carbocycles. The second-order valence-electron chi connectivity index (χ2n) is 9.48. The zero-order valence-electron chi connectivity index (χ0n) is 20.7. The topological polar surface area (TPSA) is 87.8 Å². The number of aryl methyl sites for hydroxylation is 1. The Bertz CT molecular complexity index is 1510. The van der Waals surface area contributed by atoms with Crippen LogP contribution >= 0.6 is 11.3 Å². The molecule has 6 rings (SSSR count). The molecule has 1 atom stereocenters. The lowest BCUT2D eigenvalue weighted by molar-refractivity contribution is 0.0426. The molecule has 0 bridgehead atoms. The summed E-state index contributed by atoms with van der Waals surface area (Å²) >= 11 is 1.67. The van der Waals surface area contributed by atoms with Gasteiger partial charge in [0.25, 0.3) is 0 Å². The molecule has 5 aromatic rings. The van der Waals surface area contributed by atoms with Gasteiger partial charge in [-0.05, 0) is 35.9 Å². The standard InChI is InChI=1S/C28H29N5O3S/c1-19-29-25-15-24(8-9-26(25)37-19)35-18-23(34)16-32-10-12-33(13-11-32)17-27-30-28(31-36-27)22-7-6-20-4-2-3-5-21(20)14-22/h2-9,14-15,23,34H,10-13,16-18H2,1H3/t23-/m1/s1. The first-order valence-corrected chi connectivity index (χ1v) is 13.4. The second kappa shape index (κ2) is 10.5. The Balaban J connectivity index is 0.967. The second-order valence-corrected chi connectivity index (χ2v) is 10.7. The summed E-state index contributed by atoms with van der Waals surface area (Å²) in [7, 11) is 0. The van der Waals surface area contributed by atoms with Crippen LogP contribution in [0.3, 0.4) is 0 Å². The average Bonchev–Trinajstić information content (AvgIpc) is 3.53. The van der Waals surface area contributed by atoms with Gasteiger partial charge in [-0.1, -0.05) is 41.6 Å². The molecule has 9 heteroatoms. The summed E-state index contributed by atoms with van der Waals surface area (Å²) in [6.45, 7) is 6.95. The highest BCUT2D eigenvalue weighted by atomic mass is 32.1. The SMILES string of the molecule is Cc1nc2cc(OC[C@H](O)CN3CCN(Cc4nc(-c5ccc6ccccc6c5)no4)CC3)ccc2s1. The van der Waals surface area contributed by atoms with Crippen molar-refractivity contribution in [2.75, 3.05) is 39.3 Å². The van der Waals surface area contributed by atoms with Crippen molar-refractivity contribution in [1.82, 2.24) is 24.9 Å². The van der Waals surface area contributed by atoms with Crippen molar-refractivity contribution in [2.45, 2.75) is 19.6 Å². The van der Waals surface area contributed by atoms with E-state index in [0.717, 1.165) is 58.1 Å². The van der Waals surface area contributed by atoms with Crippen LogP contribution in [0, 0.1) is 6.92 Å². The van der Waals surface area contributed by atoms with Gasteiger partial charge in [0.15, 0.2) is 0 Å². The third-order valence-electron chi connectivity index (χ3n) is 6.68. The molecular formula is C28H29N5O3S. The van der Waals surface area contributed by atoms with Crippen LogP contribution in [-0.4, -0.2) is 75.5 Å². The van der Waals surface area contributed by atoms with Crippen molar-refractivity contribution in [3.63, 3.8) is 0 Å². The third-order valence-corrected chi connectivity index (χ3v) is 7.63. The van der Waals surface area contributed by atoms with Gasteiger partial charge in [-0.25, -0.2) is 4.98 Å². The number of hydrogen-bond acceptors (Lipinski definition) is 9. The number of ether oxygens (including phenoxy) is 1. The van der Waals surface area contributed by atoms with Gasteiger partial charge < -0.3 is 14.4 Å². The molecule has 3 aromatic carbocycles. The van der Waals surface area contributed by atoms with E-state index in [9.17, 15) is 5.11 Å². The lowest BCUT2D eigenvalue weighted by atomic mass is 10.1. The van der Waals surface area contributed by atoms with Crippen LogP contribution in [0.2, 0.25) is 0 Å². The van der Waals surface area contributed by atoms with Crippen molar-refractivity contribution in [3.05, 3.63) is 71.6 Å². The number of aromatic nitrogens is 3. The fraction of sp³-hybridized carbons (Fsp3) is 0.321. The lowest BCUT2D eigenvalue weighted by Crippen LogP contribution is -2.48. The van der Waals surface area contributed by atoms with E-state index in [0.29, 0.717) is 24.8 Å². The van der Waals surface area contributed by atoms with Crippen LogP contribution in [0.5, 0.6) is 5.75 Å². The molecule has 8 nitrogen and oxygen atoms in total. The predicted molar refractivity (Wildman–Crippen MR) is 145 cm³/mol. The van der Waals surface area contributed by atoms with Gasteiger partial charge >= 0.3 is 0 Å². The van der Waals surface area contributed by atoms with Crippen LogP contribution in [-0.2, 0) is 6.54 Å². The highest BCUT2D eigenvalue weighted by Gasteiger charge is 2.21. The molecule has 37 heavy (non-hydrogen) atoms. The largest absolute Gasteiger partial charge is 0.491 e. The highest BCUT2D eigenvalue weighted by molar-refractivity contribution is 7.18. The maximum atomic E-state index is 10.5. The quantitative estimate of drug-likeness (QED) is 0.326. The van der Waals surface area contributed by atoms with E-state index in [-0.39, 0.29) is 6.61 Å². The lowest BCUT2D eigenvalue weighted by Gasteiger charge is -2.34. The Kier molecular flexibility index (Phi) is 6.84.